The molecule has 1 aliphatic heterocycles. The Morgan fingerprint density at radius 2 is 1.61 bits per heavy atom. The highest BCUT2D eigenvalue weighted by atomic mass is 28.3. The summed E-state index contributed by atoms with van der Waals surface area (Å²) in [7, 11) is 0.183. The van der Waals surface area contributed by atoms with Crippen LogP contribution in [-0.2, 0) is 20.8 Å². The zero-order chi connectivity index (χ0) is 24.0. The summed E-state index contributed by atoms with van der Waals surface area (Å²) < 4.78 is 5.23. The van der Waals surface area contributed by atoms with E-state index in [0.717, 1.165) is 11.1 Å². The number of hydrogen-bond donors (Lipinski definition) is 1. The number of carbonyl (C=O) groups is 3. The molecule has 1 amide bonds. The first kappa shape index (κ1) is 24.9. The molecule has 1 N–H and O–H groups in total. The second-order valence-electron chi connectivity index (χ2n) is 9.68. The fourth-order valence-corrected chi connectivity index (χ4v) is 5.11. The predicted octanol–water partition coefficient (Wildman–Crippen LogP) is 2.87. The number of carbonyl (C=O) groups excluding carboxylic acids is 3. The molecule has 2 aromatic carbocycles. The Morgan fingerprint density at radius 1 is 1.00 bits per heavy atom. The maximum absolute atomic E-state index is 13.3. The van der Waals surface area contributed by atoms with Crippen LogP contribution in [0, 0.1) is 0 Å². The Morgan fingerprint density at radius 3 is 2.15 bits per heavy atom. The molecule has 1 atom stereocenters. The van der Waals surface area contributed by atoms with E-state index in [4.69, 9.17) is 4.74 Å². The SMILES string of the molecule is COc1ccc(C(NC(=O)CN2CCC(=O)CC2)C(=O)Cc2ccc([Si](C)(C)C)cc2)cc1. The van der Waals surface area contributed by atoms with E-state index in [-0.39, 0.29) is 30.4 Å². The highest BCUT2D eigenvalue weighted by molar-refractivity contribution is 6.88. The van der Waals surface area contributed by atoms with Gasteiger partial charge in [0.2, 0.25) is 5.91 Å². The second kappa shape index (κ2) is 10.9. The molecule has 0 radical (unpaired) electrons. The molecule has 3 rings (SSSR count). The van der Waals surface area contributed by atoms with Crippen LogP contribution in [-0.4, -0.2) is 57.2 Å². The normalized spacial score (nSPS) is 15.7. The summed E-state index contributed by atoms with van der Waals surface area (Å²) in [6.07, 6.45) is 1.18. The number of rotatable bonds is 9. The highest BCUT2D eigenvalue weighted by Crippen LogP contribution is 2.20. The van der Waals surface area contributed by atoms with Crippen molar-refractivity contribution in [3.05, 3.63) is 59.7 Å². The minimum Gasteiger partial charge on any atom is -0.497 e. The fourth-order valence-electron chi connectivity index (χ4n) is 3.94. The van der Waals surface area contributed by atoms with Crippen LogP contribution in [0.5, 0.6) is 5.75 Å². The lowest BCUT2D eigenvalue weighted by Crippen LogP contribution is -2.44. The monoisotopic (exact) mass is 466 g/mol. The van der Waals surface area contributed by atoms with Crippen molar-refractivity contribution in [1.29, 1.82) is 0 Å². The summed E-state index contributed by atoms with van der Waals surface area (Å²) in [4.78, 5) is 39.6. The van der Waals surface area contributed by atoms with Gasteiger partial charge in [0, 0.05) is 32.4 Å². The summed E-state index contributed by atoms with van der Waals surface area (Å²) in [6.45, 7) is 8.22. The number of methoxy groups -OCH3 is 1. The Labute approximate surface area is 197 Å². The molecule has 1 heterocycles. The molecule has 176 valence electrons. The number of hydrogen-bond acceptors (Lipinski definition) is 5. The lowest BCUT2D eigenvalue weighted by atomic mass is 9.97. The molecule has 0 aliphatic carbocycles. The van der Waals surface area contributed by atoms with Gasteiger partial charge in [-0.15, -0.1) is 0 Å². The zero-order valence-electron chi connectivity index (χ0n) is 20.0. The predicted molar refractivity (Wildman–Crippen MR) is 133 cm³/mol. The summed E-state index contributed by atoms with van der Waals surface area (Å²) in [5, 5.41) is 4.28. The van der Waals surface area contributed by atoms with Gasteiger partial charge >= 0.3 is 0 Å². The molecule has 1 unspecified atom stereocenters. The van der Waals surface area contributed by atoms with Crippen LogP contribution >= 0.6 is 0 Å². The van der Waals surface area contributed by atoms with Crippen molar-refractivity contribution in [1.82, 2.24) is 10.2 Å². The largest absolute Gasteiger partial charge is 0.497 e. The number of piperidine rings is 1. The number of benzene rings is 2. The van der Waals surface area contributed by atoms with E-state index < -0.39 is 14.1 Å². The average Bonchev–Trinajstić information content (AvgIpc) is 2.79. The summed E-state index contributed by atoms with van der Waals surface area (Å²) >= 11 is 0. The molecular weight excluding hydrogens is 432 g/mol. The third-order valence-corrected chi connectivity index (χ3v) is 8.12. The summed E-state index contributed by atoms with van der Waals surface area (Å²) in [5.41, 5.74) is 1.66. The quantitative estimate of drug-likeness (QED) is 0.575. The number of likely N-dealkylation sites (tertiary alicyclic amines) is 1. The maximum atomic E-state index is 13.3. The fraction of sp³-hybridized carbons (Fsp3) is 0.423. The standard InChI is InChI=1S/C26H34N2O4Si/c1-32-22-9-7-20(8-10-22)26(27-25(31)18-28-15-13-21(29)14-16-28)24(30)17-19-5-11-23(12-6-19)33(2,3)4/h5-12,26H,13-18H2,1-4H3,(H,27,31). The van der Waals surface area contributed by atoms with Crippen LogP contribution in [0.4, 0.5) is 0 Å². The summed E-state index contributed by atoms with van der Waals surface area (Å²) in [6, 6.07) is 14.7. The Hall–Kier alpha value is -2.77. The first-order chi connectivity index (χ1) is 15.7. The Kier molecular flexibility index (Phi) is 8.21. The van der Waals surface area contributed by atoms with Crippen LogP contribution in [0.1, 0.15) is 30.0 Å². The van der Waals surface area contributed by atoms with Gasteiger partial charge in [-0.2, -0.15) is 0 Å². The molecule has 6 nitrogen and oxygen atoms in total. The number of ether oxygens (including phenoxy) is 1. The Bertz CT molecular complexity index is 971. The highest BCUT2D eigenvalue weighted by Gasteiger charge is 2.25. The van der Waals surface area contributed by atoms with Gasteiger partial charge < -0.3 is 10.1 Å². The molecule has 1 saturated heterocycles. The molecule has 0 saturated carbocycles. The van der Waals surface area contributed by atoms with E-state index in [1.165, 1.54) is 5.19 Å². The van der Waals surface area contributed by atoms with Gasteiger partial charge in [0.25, 0.3) is 0 Å². The van der Waals surface area contributed by atoms with E-state index in [1.54, 1.807) is 19.2 Å². The van der Waals surface area contributed by atoms with E-state index in [0.29, 0.717) is 31.7 Å². The van der Waals surface area contributed by atoms with Crippen LogP contribution in [0.2, 0.25) is 19.6 Å². The van der Waals surface area contributed by atoms with Crippen LogP contribution in [0.3, 0.4) is 0 Å². The maximum Gasteiger partial charge on any atom is 0.235 e. The lowest BCUT2D eigenvalue weighted by Gasteiger charge is -2.26. The number of amides is 1. The third-order valence-electron chi connectivity index (χ3n) is 6.06. The van der Waals surface area contributed by atoms with Gasteiger partial charge in [-0.1, -0.05) is 61.2 Å². The molecule has 0 aromatic heterocycles. The Balaban J connectivity index is 1.73. The third kappa shape index (κ3) is 7.10. The van der Waals surface area contributed by atoms with Crippen LogP contribution in [0.25, 0.3) is 0 Å². The molecule has 33 heavy (non-hydrogen) atoms. The van der Waals surface area contributed by atoms with Crippen molar-refractivity contribution in [3.8, 4) is 5.75 Å². The van der Waals surface area contributed by atoms with Crippen molar-refractivity contribution in [2.45, 2.75) is 44.9 Å². The number of ketones is 2. The molecule has 7 heteroatoms. The molecule has 2 aromatic rings. The van der Waals surface area contributed by atoms with Crippen LogP contribution in [0.15, 0.2) is 48.5 Å². The second-order valence-corrected chi connectivity index (χ2v) is 14.8. The molecule has 0 bridgehead atoms. The van der Waals surface area contributed by atoms with E-state index in [9.17, 15) is 14.4 Å². The van der Waals surface area contributed by atoms with Crippen molar-refractivity contribution in [2.24, 2.45) is 0 Å². The van der Waals surface area contributed by atoms with E-state index >= 15 is 0 Å². The first-order valence-electron chi connectivity index (χ1n) is 11.4. The average molecular weight is 467 g/mol. The van der Waals surface area contributed by atoms with Gasteiger partial charge in [0.1, 0.15) is 17.6 Å². The molecule has 1 fully saturated rings. The topological polar surface area (TPSA) is 75.7 Å². The first-order valence-corrected chi connectivity index (χ1v) is 14.9. The van der Waals surface area contributed by atoms with Crippen LogP contribution < -0.4 is 15.2 Å². The number of nitrogens with one attached hydrogen (secondary N) is 1. The molecular formula is C26H34N2O4Si. The van der Waals surface area contributed by atoms with Gasteiger partial charge in [-0.05, 0) is 23.3 Å². The van der Waals surface area contributed by atoms with Gasteiger partial charge in [0.15, 0.2) is 5.78 Å². The lowest BCUT2D eigenvalue weighted by molar-refractivity contribution is -0.129. The number of Topliss-reactive ketones (excluding diaryl/α,β-unsaturated/α-hetero) is 2. The van der Waals surface area contributed by atoms with Gasteiger partial charge in [0.05, 0.1) is 21.7 Å². The van der Waals surface area contributed by atoms with Crippen molar-refractivity contribution in [3.63, 3.8) is 0 Å². The van der Waals surface area contributed by atoms with Crippen molar-refractivity contribution >= 4 is 30.7 Å². The minimum atomic E-state index is -1.41. The number of nitrogens with zero attached hydrogens (tertiary/aromatic N) is 1. The van der Waals surface area contributed by atoms with Gasteiger partial charge in [-0.3, -0.25) is 19.3 Å². The molecule has 1 aliphatic rings. The van der Waals surface area contributed by atoms with E-state index in [1.807, 2.05) is 29.2 Å². The van der Waals surface area contributed by atoms with E-state index in [2.05, 4.69) is 37.1 Å². The summed E-state index contributed by atoms with van der Waals surface area (Å²) in [5.74, 6) is 0.643. The van der Waals surface area contributed by atoms with Gasteiger partial charge in [-0.25, -0.2) is 0 Å². The molecule has 0 spiro atoms. The van der Waals surface area contributed by atoms with Crippen molar-refractivity contribution in [2.75, 3.05) is 26.7 Å². The van der Waals surface area contributed by atoms with Crippen molar-refractivity contribution < 1.29 is 19.1 Å². The zero-order valence-corrected chi connectivity index (χ0v) is 21.0. The minimum absolute atomic E-state index is 0.0666. The smallest absolute Gasteiger partial charge is 0.235 e.